The lowest BCUT2D eigenvalue weighted by atomic mass is 9.79. The van der Waals surface area contributed by atoms with Crippen LogP contribution in [0.25, 0.3) is 0 Å². The average Bonchev–Trinajstić information content (AvgIpc) is 2.27. The molecule has 0 amide bonds. The first-order chi connectivity index (χ1) is 7.66. The van der Waals surface area contributed by atoms with E-state index in [1.165, 1.54) is 19.3 Å². The van der Waals surface area contributed by atoms with Crippen molar-refractivity contribution in [2.75, 3.05) is 11.1 Å². The largest absolute Gasteiger partial charge is 0.396 e. The van der Waals surface area contributed by atoms with E-state index in [0.717, 1.165) is 23.2 Å². The molecule has 1 fully saturated rings. The number of anilines is 2. The second-order valence-corrected chi connectivity index (χ2v) is 5.07. The van der Waals surface area contributed by atoms with Crippen LogP contribution in [0.15, 0.2) is 18.5 Å². The SMILES string of the molecule is CC1CCC(Nc2ccncc2N)CC1C. The average molecular weight is 219 g/mol. The molecule has 1 aliphatic rings. The van der Waals surface area contributed by atoms with Crippen LogP contribution < -0.4 is 11.1 Å². The van der Waals surface area contributed by atoms with Crippen molar-refractivity contribution in [2.45, 2.75) is 39.2 Å². The summed E-state index contributed by atoms with van der Waals surface area (Å²) in [6, 6.07) is 2.52. The molecule has 3 heteroatoms. The maximum Gasteiger partial charge on any atom is 0.0736 e. The number of nitrogen functional groups attached to an aromatic ring is 1. The Morgan fingerprint density at radius 3 is 2.81 bits per heavy atom. The highest BCUT2D eigenvalue weighted by Gasteiger charge is 2.24. The third-order valence-electron chi connectivity index (χ3n) is 3.81. The summed E-state index contributed by atoms with van der Waals surface area (Å²) in [7, 11) is 0. The van der Waals surface area contributed by atoms with E-state index in [1.54, 1.807) is 12.4 Å². The Balaban J connectivity index is 1.98. The molecule has 0 spiro atoms. The number of hydrogen-bond acceptors (Lipinski definition) is 3. The summed E-state index contributed by atoms with van der Waals surface area (Å²) in [5.41, 5.74) is 7.65. The summed E-state index contributed by atoms with van der Waals surface area (Å²) in [6.45, 7) is 4.69. The lowest BCUT2D eigenvalue weighted by Crippen LogP contribution is -2.30. The highest BCUT2D eigenvalue weighted by atomic mass is 14.9. The van der Waals surface area contributed by atoms with Crippen molar-refractivity contribution in [3.8, 4) is 0 Å². The minimum Gasteiger partial charge on any atom is -0.396 e. The Morgan fingerprint density at radius 2 is 2.12 bits per heavy atom. The Labute approximate surface area is 97.5 Å². The number of nitrogens with zero attached hydrogens (tertiary/aromatic N) is 1. The van der Waals surface area contributed by atoms with Crippen LogP contribution in [0.1, 0.15) is 33.1 Å². The van der Waals surface area contributed by atoms with Crippen LogP contribution in [-0.4, -0.2) is 11.0 Å². The van der Waals surface area contributed by atoms with E-state index in [1.807, 2.05) is 6.07 Å². The molecule has 0 bridgehead atoms. The minimum atomic E-state index is 0.566. The summed E-state index contributed by atoms with van der Waals surface area (Å²) < 4.78 is 0. The molecule has 1 aromatic heterocycles. The van der Waals surface area contributed by atoms with Gasteiger partial charge < -0.3 is 11.1 Å². The van der Waals surface area contributed by atoms with Gasteiger partial charge in [0.2, 0.25) is 0 Å². The van der Waals surface area contributed by atoms with Crippen molar-refractivity contribution in [1.29, 1.82) is 0 Å². The van der Waals surface area contributed by atoms with E-state index in [9.17, 15) is 0 Å². The summed E-state index contributed by atoms with van der Waals surface area (Å²) in [4.78, 5) is 4.00. The maximum absolute atomic E-state index is 5.87. The number of nitrogens with two attached hydrogens (primary N) is 1. The van der Waals surface area contributed by atoms with Crippen LogP contribution in [0, 0.1) is 11.8 Å². The van der Waals surface area contributed by atoms with Gasteiger partial charge in [0.25, 0.3) is 0 Å². The number of nitrogens with one attached hydrogen (secondary N) is 1. The van der Waals surface area contributed by atoms with Gasteiger partial charge in [-0.3, -0.25) is 4.98 Å². The predicted octanol–water partition coefficient (Wildman–Crippen LogP) is 2.90. The minimum absolute atomic E-state index is 0.566. The second-order valence-electron chi connectivity index (χ2n) is 5.07. The van der Waals surface area contributed by atoms with Gasteiger partial charge in [0.1, 0.15) is 0 Å². The van der Waals surface area contributed by atoms with Crippen LogP contribution in [0.5, 0.6) is 0 Å². The van der Waals surface area contributed by atoms with Gasteiger partial charge in [-0.2, -0.15) is 0 Å². The smallest absolute Gasteiger partial charge is 0.0736 e. The third-order valence-corrected chi connectivity index (χ3v) is 3.81. The van der Waals surface area contributed by atoms with E-state index in [2.05, 4.69) is 24.1 Å². The number of rotatable bonds is 2. The van der Waals surface area contributed by atoms with E-state index in [4.69, 9.17) is 5.73 Å². The molecule has 0 aromatic carbocycles. The highest BCUT2D eigenvalue weighted by Crippen LogP contribution is 2.31. The summed E-state index contributed by atoms with van der Waals surface area (Å²) >= 11 is 0. The van der Waals surface area contributed by atoms with Gasteiger partial charge in [0.05, 0.1) is 17.6 Å². The molecule has 88 valence electrons. The van der Waals surface area contributed by atoms with Gasteiger partial charge in [0.15, 0.2) is 0 Å². The van der Waals surface area contributed by atoms with Crippen molar-refractivity contribution in [1.82, 2.24) is 4.98 Å². The van der Waals surface area contributed by atoms with Crippen LogP contribution in [-0.2, 0) is 0 Å². The standard InChI is InChI=1S/C13H21N3/c1-9-3-4-11(7-10(9)2)16-13-5-6-15-8-12(13)14/h5-6,8-11H,3-4,7,14H2,1-2H3,(H,15,16). The molecule has 1 aliphatic carbocycles. The molecule has 0 radical (unpaired) electrons. The molecule has 16 heavy (non-hydrogen) atoms. The number of aromatic nitrogens is 1. The third kappa shape index (κ3) is 2.46. The second kappa shape index (κ2) is 4.73. The number of pyridine rings is 1. The highest BCUT2D eigenvalue weighted by molar-refractivity contribution is 5.64. The van der Waals surface area contributed by atoms with Gasteiger partial charge in [-0.15, -0.1) is 0 Å². The van der Waals surface area contributed by atoms with Crippen molar-refractivity contribution >= 4 is 11.4 Å². The van der Waals surface area contributed by atoms with Crippen molar-refractivity contribution in [2.24, 2.45) is 11.8 Å². The molecule has 3 atom stereocenters. The molecule has 1 saturated carbocycles. The molecule has 0 saturated heterocycles. The molecule has 3 unspecified atom stereocenters. The first-order valence-electron chi connectivity index (χ1n) is 6.13. The molecular weight excluding hydrogens is 198 g/mol. The molecule has 2 rings (SSSR count). The van der Waals surface area contributed by atoms with Gasteiger partial charge in [-0.1, -0.05) is 13.8 Å². The summed E-state index contributed by atoms with van der Waals surface area (Å²) in [5.74, 6) is 1.65. The fraction of sp³-hybridized carbons (Fsp3) is 0.615. The van der Waals surface area contributed by atoms with Gasteiger partial charge >= 0.3 is 0 Å². The topological polar surface area (TPSA) is 50.9 Å². The molecule has 3 N–H and O–H groups in total. The Bertz CT molecular complexity index is 351. The summed E-state index contributed by atoms with van der Waals surface area (Å²) in [6.07, 6.45) is 7.28. The summed E-state index contributed by atoms with van der Waals surface area (Å²) in [5, 5.41) is 3.54. The van der Waals surface area contributed by atoms with Gasteiger partial charge in [-0.25, -0.2) is 0 Å². The fourth-order valence-corrected chi connectivity index (χ4v) is 2.44. The molecular formula is C13H21N3. The zero-order valence-corrected chi connectivity index (χ0v) is 10.1. The molecule has 1 aromatic rings. The molecule has 1 heterocycles. The van der Waals surface area contributed by atoms with Crippen molar-refractivity contribution in [3.63, 3.8) is 0 Å². The number of hydrogen-bond donors (Lipinski definition) is 2. The molecule has 3 nitrogen and oxygen atoms in total. The van der Waals surface area contributed by atoms with Crippen LogP contribution in [0.4, 0.5) is 11.4 Å². The molecule has 0 aliphatic heterocycles. The lowest BCUT2D eigenvalue weighted by Gasteiger charge is -2.33. The Hall–Kier alpha value is -1.25. The van der Waals surface area contributed by atoms with Crippen LogP contribution in [0.3, 0.4) is 0 Å². The predicted molar refractivity (Wildman–Crippen MR) is 68.2 cm³/mol. The fourth-order valence-electron chi connectivity index (χ4n) is 2.44. The first-order valence-corrected chi connectivity index (χ1v) is 6.13. The van der Waals surface area contributed by atoms with E-state index in [0.29, 0.717) is 6.04 Å². The first kappa shape index (κ1) is 11.2. The van der Waals surface area contributed by atoms with Gasteiger partial charge in [0, 0.05) is 12.2 Å². The van der Waals surface area contributed by atoms with Crippen LogP contribution >= 0.6 is 0 Å². The van der Waals surface area contributed by atoms with E-state index >= 15 is 0 Å². The monoisotopic (exact) mass is 219 g/mol. The zero-order chi connectivity index (χ0) is 11.5. The maximum atomic E-state index is 5.87. The Morgan fingerprint density at radius 1 is 1.31 bits per heavy atom. The van der Waals surface area contributed by atoms with Crippen molar-refractivity contribution in [3.05, 3.63) is 18.5 Å². The van der Waals surface area contributed by atoms with Gasteiger partial charge in [-0.05, 0) is 37.2 Å². The zero-order valence-electron chi connectivity index (χ0n) is 10.1. The Kier molecular flexibility index (Phi) is 3.32. The van der Waals surface area contributed by atoms with Crippen LogP contribution in [0.2, 0.25) is 0 Å². The van der Waals surface area contributed by atoms with E-state index in [-0.39, 0.29) is 0 Å². The quantitative estimate of drug-likeness (QED) is 0.804. The lowest BCUT2D eigenvalue weighted by molar-refractivity contribution is 0.261. The van der Waals surface area contributed by atoms with E-state index < -0.39 is 0 Å². The van der Waals surface area contributed by atoms with Crippen molar-refractivity contribution < 1.29 is 0 Å². The normalized spacial score (nSPS) is 30.0.